The first-order chi connectivity index (χ1) is 14.5. The topological polar surface area (TPSA) is 81.3 Å². The van der Waals surface area contributed by atoms with Gasteiger partial charge < -0.3 is 5.32 Å². The van der Waals surface area contributed by atoms with Crippen molar-refractivity contribution < 1.29 is 4.79 Å². The van der Waals surface area contributed by atoms with Gasteiger partial charge in [-0.05, 0) is 43.7 Å². The van der Waals surface area contributed by atoms with Crippen molar-refractivity contribution >= 4 is 11.4 Å². The molecular formula is C23H29N5O2. The van der Waals surface area contributed by atoms with Crippen molar-refractivity contribution in [1.29, 1.82) is 0 Å². The minimum Gasteiger partial charge on any atom is -0.351 e. The molecule has 1 aliphatic carbocycles. The first kappa shape index (κ1) is 20.3. The van der Waals surface area contributed by atoms with E-state index in [2.05, 4.69) is 41.5 Å². The Bertz CT molecular complexity index is 1110. The van der Waals surface area contributed by atoms with E-state index in [4.69, 9.17) is 0 Å². The highest BCUT2D eigenvalue weighted by atomic mass is 16.2. The summed E-state index contributed by atoms with van der Waals surface area (Å²) in [5.74, 6) is 0.870. The van der Waals surface area contributed by atoms with Crippen molar-refractivity contribution in [3.8, 4) is 11.3 Å². The Balaban J connectivity index is 1.59. The Morgan fingerprint density at radius 1 is 1.17 bits per heavy atom. The quantitative estimate of drug-likeness (QED) is 0.705. The van der Waals surface area contributed by atoms with Gasteiger partial charge in [-0.1, -0.05) is 51.0 Å². The molecule has 1 amide bonds. The van der Waals surface area contributed by atoms with Crippen LogP contribution in [0.15, 0.2) is 35.1 Å². The number of carbonyl (C=O) groups excluding carboxylic acids is 1. The Morgan fingerprint density at radius 2 is 1.90 bits per heavy atom. The summed E-state index contributed by atoms with van der Waals surface area (Å²) in [4.78, 5) is 25.6. The lowest BCUT2D eigenvalue weighted by molar-refractivity contribution is -0.123. The van der Waals surface area contributed by atoms with E-state index in [0.29, 0.717) is 17.3 Å². The summed E-state index contributed by atoms with van der Waals surface area (Å²) in [5, 5.41) is 12.0. The molecule has 2 aromatic heterocycles. The highest BCUT2D eigenvalue weighted by Gasteiger charge is 2.23. The molecule has 1 saturated carbocycles. The van der Waals surface area contributed by atoms with Gasteiger partial charge >= 0.3 is 0 Å². The van der Waals surface area contributed by atoms with Crippen LogP contribution in [0.5, 0.6) is 0 Å². The van der Waals surface area contributed by atoms with E-state index in [1.165, 1.54) is 16.7 Å². The van der Waals surface area contributed by atoms with Gasteiger partial charge in [0.1, 0.15) is 17.9 Å². The standard InChI is InChI=1S/C23H29N5O2/c1-4-17-9-11-18(12-10-17)20-13-21-23(30)27(25-16(3)28(21)26-20)14-22(29)24-19-8-6-5-7-15(19)2/h9-13,15,19H,4-8,14H2,1-3H3,(H,24,29). The molecule has 4 rings (SSSR count). The SMILES string of the molecule is CCc1ccc(-c2cc3c(=O)n(CC(=O)NC4CCCCC4C)nc(C)n3n2)cc1. The lowest BCUT2D eigenvalue weighted by Crippen LogP contribution is -2.44. The summed E-state index contributed by atoms with van der Waals surface area (Å²) in [6.07, 6.45) is 5.45. The van der Waals surface area contributed by atoms with E-state index in [1.807, 2.05) is 12.1 Å². The number of hydrogen-bond acceptors (Lipinski definition) is 4. The molecule has 0 radical (unpaired) electrons. The molecule has 30 heavy (non-hydrogen) atoms. The maximum Gasteiger partial charge on any atom is 0.293 e. The highest BCUT2D eigenvalue weighted by Crippen LogP contribution is 2.23. The Labute approximate surface area is 176 Å². The van der Waals surface area contributed by atoms with Crippen molar-refractivity contribution in [2.24, 2.45) is 5.92 Å². The van der Waals surface area contributed by atoms with Crippen LogP contribution in [-0.2, 0) is 17.8 Å². The van der Waals surface area contributed by atoms with Crippen LogP contribution in [0, 0.1) is 12.8 Å². The van der Waals surface area contributed by atoms with Crippen LogP contribution in [0.25, 0.3) is 16.8 Å². The molecule has 2 heterocycles. The van der Waals surface area contributed by atoms with Crippen LogP contribution in [0.4, 0.5) is 0 Å². The van der Waals surface area contributed by atoms with Gasteiger partial charge in [0.05, 0.1) is 5.69 Å². The minimum atomic E-state index is -0.309. The first-order valence-electron chi connectivity index (χ1n) is 10.8. The Morgan fingerprint density at radius 3 is 2.60 bits per heavy atom. The molecule has 0 saturated heterocycles. The zero-order valence-corrected chi connectivity index (χ0v) is 17.9. The van der Waals surface area contributed by atoms with E-state index in [0.717, 1.165) is 36.9 Å². The monoisotopic (exact) mass is 407 g/mol. The maximum atomic E-state index is 13.0. The number of nitrogens with one attached hydrogen (secondary N) is 1. The van der Waals surface area contributed by atoms with Gasteiger partial charge in [-0.25, -0.2) is 9.20 Å². The largest absolute Gasteiger partial charge is 0.351 e. The first-order valence-corrected chi connectivity index (χ1v) is 10.8. The Kier molecular flexibility index (Phi) is 5.70. The zero-order valence-electron chi connectivity index (χ0n) is 17.9. The van der Waals surface area contributed by atoms with Gasteiger partial charge in [0.15, 0.2) is 0 Å². The molecular weight excluding hydrogens is 378 g/mol. The minimum absolute atomic E-state index is 0.0783. The van der Waals surface area contributed by atoms with Crippen molar-refractivity contribution in [2.45, 2.75) is 65.5 Å². The summed E-state index contributed by atoms with van der Waals surface area (Å²) in [6.45, 7) is 6.00. The summed E-state index contributed by atoms with van der Waals surface area (Å²) < 4.78 is 2.81. The lowest BCUT2D eigenvalue weighted by atomic mass is 9.86. The number of carbonyl (C=O) groups is 1. The normalized spacial score (nSPS) is 19.2. The average molecular weight is 408 g/mol. The van der Waals surface area contributed by atoms with Crippen LogP contribution < -0.4 is 10.9 Å². The second-order valence-electron chi connectivity index (χ2n) is 8.32. The van der Waals surface area contributed by atoms with Gasteiger partial charge in [-0.2, -0.15) is 10.2 Å². The van der Waals surface area contributed by atoms with Gasteiger partial charge in [0.25, 0.3) is 5.56 Å². The zero-order chi connectivity index (χ0) is 21.3. The fourth-order valence-corrected chi connectivity index (χ4v) is 4.25. The summed E-state index contributed by atoms with van der Waals surface area (Å²) in [7, 11) is 0. The molecule has 1 fully saturated rings. The molecule has 2 atom stereocenters. The molecule has 0 aliphatic heterocycles. The van der Waals surface area contributed by atoms with E-state index in [9.17, 15) is 9.59 Å². The molecule has 1 N–H and O–H groups in total. The predicted octanol–water partition coefficient (Wildman–Crippen LogP) is 3.12. The van der Waals surface area contributed by atoms with Gasteiger partial charge in [-0.15, -0.1) is 0 Å². The molecule has 158 valence electrons. The van der Waals surface area contributed by atoms with Crippen LogP contribution >= 0.6 is 0 Å². The number of amides is 1. The summed E-state index contributed by atoms with van der Waals surface area (Å²) in [6, 6.07) is 10.1. The van der Waals surface area contributed by atoms with Crippen LogP contribution in [0.3, 0.4) is 0 Å². The molecule has 1 aliphatic rings. The number of benzene rings is 1. The smallest absolute Gasteiger partial charge is 0.293 e. The second kappa shape index (κ2) is 8.42. The lowest BCUT2D eigenvalue weighted by Gasteiger charge is -2.29. The van der Waals surface area contributed by atoms with Crippen molar-refractivity contribution in [1.82, 2.24) is 24.7 Å². The molecule has 7 heteroatoms. The van der Waals surface area contributed by atoms with Gasteiger partial charge in [0, 0.05) is 11.6 Å². The fourth-order valence-electron chi connectivity index (χ4n) is 4.25. The maximum absolute atomic E-state index is 13.0. The van der Waals surface area contributed by atoms with E-state index in [-0.39, 0.29) is 24.1 Å². The van der Waals surface area contributed by atoms with Crippen LogP contribution in [0.1, 0.15) is 50.9 Å². The number of rotatable bonds is 5. The third kappa shape index (κ3) is 4.01. The molecule has 7 nitrogen and oxygen atoms in total. The molecule has 1 aromatic carbocycles. The number of aryl methyl sites for hydroxylation is 2. The predicted molar refractivity (Wildman–Crippen MR) is 116 cm³/mol. The van der Waals surface area contributed by atoms with E-state index in [1.54, 1.807) is 17.5 Å². The number of fused-ring (bicyclic) bond motifs is 1. The molecule has 0 spiro atoms. The second-order valence-corrected chi connectivity index (χ2v) is 8.32. The Hall–Kier alpha value is -2.96. The molecule has 2 unspecified atom stereocenters. The fraction of sp³-hybridized carbons (Fsp3) is 0.478. The number of aromatic nitrogens is 4. The van der Waals surface area contributed by atoms with Crippen molar-refractivity contribution in [3.63, 3.8) is 0 Å². The van der Waals surface area contributed by atoms with Gasteiger partial charge in [0.2, 0.25) is 5.91 Å². The number of nitrogens with zero attached hydrogens (tertiary/aromatic N) is 4. The van der Waals surface area contributed by atoms with E-state index < -0.39 is 0 Å². The molecule has 3 aromatic rings. The highest BCUT2D eigenvalue weighted by molar-refractivity contribution is 5.76. The van der Waals surface area contributed by atoms with Crippen molar-refractivity contribution in [3.05, 3.63) is 52.1 Å². The van der Waals surface area contributed by atoms with Crippen LogP contribution in [0.2, 0.25) is 0 Å². The van der Waals surface area contributed by atoms with Crippen LogP contribution in [-0.4, -0.2) is 31.3 Å². The van der Waals surface area contributed by atoms with E-state index >= 15 is 0 Å². The average Bonchev–Trinajstić information content (AvgIpc) is 3.20. The third-order valence-corrected chi connectivity index (χ3v) is 6.14. The molecule has 0 bridgehead atoms. The van der Waals surface area contributed by atoms with Crippen molar-refractivity contribution in [2.75, 3.05) is 0 Å². The third-order valence-electron chi connectivity index (χ3n) is 6.14. The summed E-state index contributed by atoms with van der Waals surface area (Å²) >= 11 is 0. The summed E-state index contributed by atoms with van der Waals surface area (Å²) in [5.41, 5.74) is 3.04. The van der Waals surface area contributed by atoms with Gasteiger partial charge in [-0.3, -0.25) is 9.59 Å². The number of hydrogen-bond donors (Lipinski definition) is 1.